The summed E-state index contributed by atoms with van der Waals surface area (Å²) < 4.78 is 15.7. The largest absolute Gasteiger partial charge is 0.493 e. The van der Waals surface area contributed by atoms with Gasteiger partial charge in [0.05, 0.1) is 13.7 Å². The van der Waals surface area contributed by atoms with E-state index in [-0.39, 0.29) is 0 Å². The van der Waals surface area contributed by atoms with Gasteiger partial charge in [-0.3, -0.25) is 0 Å². The summed E-state index contributed by atoms with van der Waals surface area (Å²) in [5, 5.41) is 3.09. The molecule has 1 aromatic carbocycles. The van der Waals surface area contributed by atoms with Crippen molar-refractivity contribution in [3.05, 3.63) is 23.8 Å². The Morgan fingerprint density at radius 1 is 1.12 bits per heavy atom. The van der Waals surface area contributed by atoms with Gasteiger partial charge in [-0.15, -0.1) is 0 Å². The van der Waals surface area contributed by atoms with Crippen LogP contribution < -0.4 is 14.8 Å². The molecule has 0 bridgehead atoms. The lowest BCUT2D eigenvalue weighted by Crippen LogP contribution is -2.08. The maximum absolute atomic E-state index is 5.58. The third-order valence-electron chi connectivity index (χ3n) is 2.15. The summed E-state index contributed by atoms with van der Waals surface area (Å²) in [6.07, 6.45) is 0. The van der Waals surface area contributed by atoms with Gasteiger partial charge in [0.15, 0.2) is 11.5 Å². The Morgan fingerprint density at radius 2 is 1.94 bits per heavy atom. The lowest BCUT2D eigenvalue weighted by atomic mass is 10.2. The second-order valence-electron chi connectivity index (χ2n) is 3.36. The van der Waals surface area contributed by atoms with Gasteiger partial charge in [-0.25, -0.2) is 0 Å². The lowest BCUT2D eigenvalue weighted by molar-refractivity contribution is 0.144. The molecule has 0 saturated carbocycles. The second-order valence-corrected chi connectivity index (χ2v) is 3.36. The number of methoxy groups -OCH3 is 2. The van der Waals surface area contributed by atoms with Gasteiger partial charge in [0.1, 0.15) is 6.61 Å². The van der Waals surface area contributed by atoms with Crippen molar-refractivity contribution in [2.45, 2.75) is 6.54 Å². The zero-order valence-electron chi connectivity index (χ0n) is 10.1. The Bertz CT molecular complexity index is 315. The maximum atomic E-state index is 5.58. The number of nitrogens with one attached hydrogen (secondary N) is 1. The number of ether oxygens (including phenoxy) is 3. The molecular formula is C12H19NO3. The molecule has 1 N–H and O–H groups in total. The van der Waals surface area contributed by atoms with E-state index < -0.39 is 0 Å². The molecule has 0 radical (unpaired) electrons. The molecule has 0 amide bonds. The first-order valence-corrected chi connectivity index (χ1v) is 5.25. The van der Waals surface area contributed by atoms with Crippen LogP contribution in [0.5, 0.6) is 11.5 Å². The molecule has 0 aliphatic carbocycles. The molecule has 0 aliphatic heterocycles. The molecule has 1 rings (SSSR count). The quantitative estimate of drug-likeness (QED) is 0.713. The van der Waals surface area contributed by atoms with Gasteiger partial charge < -0.3 is 19.5 Å². The number of benzene rings is 1. The third kappa shape index (κ3) is 3.72. The summed E-state index contributed by atoms with van der Waals surface area (Å²) in [5.41, 5.74) is 1.16. The molecule has 16 heavy (non-hydrogen) atoms. The summed E-state index contributed by atoms with van der Waals surface area (Å²) in [5.74, 6) is 1.50. The fraction of sp³-hybridized carbons (Fsp3) is 0.500. The Labute approximate surface area is 96.5 Å². The number of hydrogen-bond donors (Lipinski definition) is 1. The van der Waals surface area contributed by atoms with Crippen molar-refractivity contribution in [1.82, 2.24) is 5.32 Å². The molecule has 0 saturated heterocycles. The van der Waals surface area contributed by atoms with Crippen LogP contribution in [-0.4, -0.2) is 34.5 Å². The monoisotopic (exact) mass is 225 g/mol. The predicted octanol–water partition coefficient (Wildman–Crippen LogP) is 1.44. The van der Waals surface area contributed by atoms with Gasteiger partial charge in [0.2, 0.25) is 0 Å². The van der Waals surface area contributed by atoms with Crippen molar-refractivity contribution in [1.29, 1.82) is 0 Å². The minimum absolute atomic E-state index is 0.524. The third-order valence-corrected chi connectivity index (χ3v) is 2.15. The van der Waals surface area contributed by atoms with Gasteiger partial charge in [-0.2, -0.15) is 0 Å². The van der Waals surface area contributed by atoms with Crippen LogP contribution in [0.15, 0.2) is 18.2 Å². The van der Waals surface area contributed by atoms with E-state index in [2.05, 4.69) is 5.32 Å². The smallest absolute Gasteiger partial charge is 0.161 e. The van der Waals surface area contributed by atoms with Crippen LogP contribution in [0.3, 0.4) is 0 Å². The van der Waals surface area contributed by atoms with Crippen LogP contribution >= 0.6 is 0 Å². The van der Waals surface area contributed by atoms with Crippen LogP contribution in [0.2, 0.25) is 0 Å². The van der Waals surface area contributed by atoms with Crippen LogP contribution in [0.25, 0.3) is 0 Å². The van der Waals surface area contributed by atoms with Gasteiger partial charge in [-0.1, -0.05) is 6.07 Å². The summed E-state index contributed by atoms with van der Waals surface area (Å²) in [4.78, 5) is 0. The molecule has 0 heterocycles. The van der Waals surface area contributed by atoms with Crippen molar-refractivity contribution in [2.75, 3.05) is 34.5 Å². The maximum Gasteiger partial charge on any atom is 0.161 e. The molecule has 90 valence electrons. The van der Waals surface area contributed by atoms with Crippen molar-refractivity contribution in [3.63, 3.8) is 0 Å². The van der Waals surface area contributed by atoms with E-state index in [9.17, 15) is 0 Å². The highest BCUT2D eigenvalue weighted by Gasteiger charge is 2.05. The Kier molecular flexibility index (Phi) is 5.67. The predicted molar refractivity (Wildman–Crippen MR) is 63.1 cm³/mol. The Hall–Kier alpha value is -1.26. The molecule has 1 aromatic rings. The van der Waals surface area contributed by atoms with Crippen LogP contribution in [0.1, 0.15) is 5.56 Å². The fourth-order valence-corrected chi connectivity index (χ4v) is 1.38. The fourth-order valence-electron chi connectivity index (χ4n) is 1.38. The highest BCUT2D eigenvalue weighted by atomic mass is 16.5. The van der Waals surface area contributed by atoms with E-state index in [0.29, 0.717) is 13.2 Å². The van der Waals surface area contributed by atoms with E-state index in [1.54, 1.807) is 14.2 Å². The van der Waals surface area contributed by atoms with Gasteiger partial charge in [-0.05, 0) is 24.7 Å². The zero-order valence-corrected chi connectivity index (χ0v) is 10.1. The topological polar surface area (TPSA) is 39.7 Å². The van der Waals surface area contributed by atoms with Crippen LogP contribution in [0.4, 0.5) is 0 Å². The van der Waals surface area contributed by atoms with E-state index in [1.807, 2.05) is 25.2 Å². The number of rotatable bonds is 7. The average molecular weight is 225 g/mol. The first-order chi connectivity index (χ1) is 7.81. The average Bonchev–Trinajstić information content (AvgIpc) is 2.30. The molecule has 0 aromatic heterocycles. The molecule has 4 nitrogen and oxygen atoms in total. The van der Waals surface area contributed by atoms with Crippen molar-refractivity contribution < 1.29 is 14.2 Å². The molecule has 0 unspecified atom stereocenters. The summed E-state index contributed by atoms with van der Waals surface area (Å²) in [6, 6.07) is 5.90. The minimum atomic E-state index is 0.524. The molecule has 0 fully saturated rings. The first kappa shape index (κ1) is 12.8. The molecule has 0 aliphatic rings. The van der Waals surface area contributed by atoms with E-state index >= 15 is 0 Å². The summed E-state index contributed by atoms with van der Waals surface area (Å²) in [7, 11) is 5.20. The van der Waals surface area contributed by atoms with E-state index in [1.165, 1.54) is 0 Å². The van der Waals surface area contributed by atoms with Gasteiger partial charge in [0, 0.05) is 13.7 Å². The highest BCUT2D eigenvalue weighted by Crippen LogP contribution is 2.27. The highest BCUT2D eigenvalue weighted by molar-refractivity contribution is 5.42. The lowest BCUT2D eigenvalue weighted by Gasteiger charge is -2.11. The number of hydrogen-bond acceptors (Lipinski definition) is 4. The molecule has 0 spiro atoms. The SMILES string of the molecule is CNCc1ccc(OC)c(OCCOC)c1. The zero-order chi connectivity index (χ0) is 11.8. The minimum Gasteiger partial charge on any atom is -0.493 e. The van der Waals surface area contributed by atoms with Crippen molar-refractivity contribution in [3.8, 4) is 11.5 Å². The summed E-state index contributed by atoms with van der Waals surface area (Å²) in [6.45, 7) is 1.90. The summed E-state index contributed by atoms with van der Waals surface area (Å²) >= 11 is 0. The van der Waals surface area contributed by atoms with Gasteiger partial charge in [0.25, 0.3) is 0 Å². The normalized spacial score (nSPS) is 10.2. The molecule has 0 atom stereocenters. The Morgan fingerprint density at radius 3 is 2.56 bits per heavy atom. The van der Waals surface area contributed by atoms with E-state index in [0.717, 1.165) is 23.6 Å². The second kappa shape index (κ2) is 7.09. The van der Waals surface area contributed by atoms with Crippen molar-refractivity contribution >= 4 is 0 Å². The molecular weight excluding hydrogens is 206 g/mol. The van der Waals surface area contributed by atoms with Crippen LogP contribution in [0, 0.1) is 0 Å². The van der Waals surface area contributed by atoms with Gasteiger partial charge >= 0.3 is 0 Å². The van der Waals surface area contributed by atoms with Crippen molar-refractivity contribution in [2.24, 2.45) is 0 Å². The standard InChI is InChI=1S/C12H19NO3/c1-13-9-10-4-5-11(15-3)12(8-10)16-7-6-14-2/h4-5,8,13H,6-7,9H2,1-3H3. The van der Waals surface area contributed by atoms with Crippen LogP contribution in [-0.2, 0) is 11.3 Å². The Balaban J connectivity index is 2.72. The molecule has 4 heteroatoms. The van der Waals surface area contributed by atoms with E-state index in [4.69, 9.17) is 14.2 Å². The first-order valence-electron chi connectivity index (χ1n) is 5.25.